The average molecular weight is 228 g/mol. The third kappa shape index (κ3) is 9.87. The summed E-state index contributed by atoms with van der Waals surface area (Å²) in [6.45, 7) is 3.47. The molecule has 0 aliphatic heterocycles. The third-order valence-electron chi connectivity index (χ3n) is 2.35. The van der Waals surface area contributed by atoms with Gasteiger partial charge in [-0.2, -0.15) is 0 Å². The van der Waals surface area contributed by atoms with Gasteiger partial charge in [0.25, 0.3) is 0 Å². The maximum Gasteiger partial charge on any atom is 0.155 e. The summed E-state index contributed by atoms with van der Waals surface area (Å²) in [6.07, 6.45) is 6.29. The summed E-state index contributed by atoms with van der Waals surface area (Å²) >= 11 is 0. The number of ether oxygens (including phenoxy) is 2. The van der Waals surface area contributed by atoms with Crippen molar-refractivity contribution in [3.63, 3.8) is 0 Å². The molecule has 0 amide bonds. The maximum atomic E-state index is 11.5. The Balaban J connectivity index is 3.62. The van der Waals surface area contributed by atoms with Crippen LogP contribution in [0.4, 0.5) is 0 Å². The summed E-state index contributed by atoms with van der Waals surface area (Å²) in [4.78, 5) is 11.5. The molecule has 0 spiro atoms. The van der Waals surface area contributed by atoms with E-state index in [0.717, 1.165) is 32.3 Å². The number of hydrogen-bond acceptors (Lipinski definition) is 3. The van der Waals surface area contributed by atoms with Crippen LogP contribution in [-0.2, 0) is 14.3 Å². The van der Waals surface area contributed by atoms with Crippen LogP contribution in [0.25, 0.3) is 0 Å². The summed E-state index contributed by atoms with van der Waals surface area (Å²) in [6, 6.07) is 0. The Hall–Kier alpha value is -0.670. The summed E-state index contributed by atoms with van der Waals surface area (Å²) in [7, 11) is 3.36. The van der Waals surface area contributed by atoms with E-state index in [2.05, 4.69) is 0 Å². The molecular formula is C13H24O3. The summed E-state index contributed by atoms with van der Waals surface area (Å²) in [5.41, 5.74) is 1.17. The van der Waals surface area contributed by atoms with Gasteiger partial charge in [-0.3, -0.25) is 4.79 Å². The molecule has 0 aromatic carbocycles. The van der Waals surface area contributed by atoms with Crippen LogP contribution in [0.1, 0.15) is 39.0 Å². The molecule has 0 saturated carbocycles. The lowest BCUT2D eigenvalue weighted by Gasteiger charge is -2.01. The van der Waals surface area contributed by atoms with E-state index in [4.69, 9.17) is 9.47 Å². The Bertz CT molecular complexity index is 209. The molecule has 3 heteroatoms. The van der Waals surface area contributed by atoms with Gasteiger partial charge in [0.1, 0.15) is 0 Å². The van der Waals surface area contributed by atoms with E-state index in [0.29, 0.717) is 13.0 Å². The van der Waals surface area contributed by atoms with E-state index in [1.165, 1.54) is 5.57 Å². The molecule has 0 rings (SSSR count). The molecule has 0 fully saturated rings. The van der Waals surface area contributed by atoms with Crippen molar-refractivity contribution in [2.24, 2.45) is 0 Å². The van der Waals surface area contributed by atoms with Crippen molar-refractivity contribution in [1.29, 1.82) is 0 Å². The van der Waals surface area contributed by atoms with Crippen LogP contribution >= 0.6 is 0 Å². The van der Waals surface area contributed by atoms with E-state index in [-0.39, 0.29) is 5.78 Å². The third-order valence-corrected chi connectivity index (χ3v) is 2.35. The number of rotatable bonds is 10. The summed E-state index contributed by atoms with van der Waals surface area (Å²) in [5, 5.41) is 0. The fourth-order valence-corrected chi connectivity index (χ4v) is 1.46. The average Bonchev–Trinajstić information content (AvgIpc) is 2.25. The van der Waals surface area contributed by atoms with Crippen LogP contribution in [0.5, 0.6) is 0 Å². The number of carbonyl (C=O) groups is 1. The summed E-state index contributed by atoms with van der Waals surface area (Å²) < 4.78 is 9.87. The number of hydrogen-bond donors (Lipinski definition) is 0. The molecule has 0 radical (unpaired) electrons. The lowest BCUT2D eigenvalue weighted by atomic mass is 10.1. The molecule has 0 bridgehead atoms. The first-order valence-corrected chi connectivity index (χ1v) is 5.88. The van der Waals surface area contributed by atoms with E-state index in [9.17, 15) is 4.79 Å². The fraction of sp³-hybridized carbons (Fsp3) is 0.769. The second-order valence-electron chi connectivity index (χ2n) is 4.00. The predicted octanol–water partition coefficient (Wildman–Crippen LogP) is 2.75. The highest BCUT2D eigenvalue weighted by atomic mass is 16.5. The lowest BCUT2D eigenvalue weighted by Crippen LogP contribution is -1.98. The Morgan fingerprint density at radius 3 is 2.25 bits per heavy atom. The number of carbonyl (C=O) groups excluding carboxylic acids is 1. The topological polar surface area (TPSA) is 35.5 Å². The molecule has 16 heavy (non-hydrogen) atoms. The first-order chi connectivity index (χ1) is 7.70. The quantitative estimate of drug-likeness (QED) is 0.426. The van der Waals surface area contributed by atoms with Crippen molar-refractivity contribution >= 4 is 5.78 Å². The zero-order chi connectivity index (χ0) is 12.2. The second-order valence-corrected chi connectivity index (χ2v) is 4.00. The van der Waals surface area contributed by atoms with Gasteiger partial charge in [-0.15, -0.1) is 0 Å². The van der Waals surface area contributed by atoms with Crippen LogP contribution in [-0.4, -0.2) is 33.2 Å². The van der Waals surface area contributed by atoms with E-state index in [1.807, 2.05) is 6.92 Å². The molecule has 0 N–H and O–H groups in total. The van der Waals surface area contributed by atoms with Crippen molar-refractivity contribution in [3.05, 3.63) is 11.6 Å². The minimum Gasteiger partial charge on any atom is -0.385 e. The predicted molar refractivity (Wildman–Crippen MR) is 65.6 cm³/mol. The largest absolute Gasteiger partial charge is 0.385 e. The molecule has 0 saturated heterocycles. The molecule has 0 aliphatic carbocycles. The van der Waals surface area contributed by atoms with Crippen LogP contribution in [0, 0.1) is 0 Å². The van der Waals surface area contributed by atoms with E-state index >= 15 is 0 Å². The Labute approximate surface area is 98.8 Å². The van der Waals surface area contributed by atoms with E-state index < -0.39 is 0 Å². The Kier molecular flexibility index (Phi) is 10.4. The van der Waals surface area contributed by atoms with Gasteiger partial charge in [0.05, 0.1) is 0 Å². The standard InChI is InChI=1S/C13H24O3/c1-12(7-4-5-9-15-2)11-13(14)8-6-10-16-3/h11H,4-10H2,1-3H3/b12-11-. The van der Waals surface area contributed by atoms with Crippen molar-refractivity contribution in [2.75, 3.05) is 27.4 Å². The van der Waals surface area contributed by atoms with Crippen molar-refractivity contribution < 1.29 is 14.3 Å². The van der Waals surface area contributed by atoms with Crippen LogP contribution in [0.3, 0.4) is 0 Å². The molecule has 0 aromatic rings. The van der Waals surface area contributed by atoms with Crippen LogP contribution in [0.15, 0.2) is 11.6 Å². The van der Waals surface area contributed by atoms with Gasteiger partial charge in [0.15, 0.2) is 5.78 Å². The number of ketones is 1. The van der Waals surface area contributed by atoms with Gasteiger partial charge in [0, 0.05) is 33.9 Å². The molecule has 0 atom stereocenters. The van der Waals surface area contributed by atoms with Crippen LogP contribution in [0.2, 0.25) is 0 Å². The lowest BCUT2D eigenvalue weighted by molar-refractivity contribution is -0.114. The molecular weight excluding hydrogens is 204 g/mol. The molecule has 0 aromatic heterocycles. The minimum atomic E-state index is 0.210. The molecule has 0 aliphatic rings. The zero-order valence-corrected chi connectivity index (χ0v) is 10.8. The molecule has 3 nitrogen and oxygen atoms in total. The number of unbranched alkanes of at least 4 members (excludes halogenated alkanes) is 1. The first kappa shape index (κ1) is 15.3. The first-order valence-electron chi connectivity index (χ1n) is 5.88. The molecule has 0 heterocycles. The smallest absolute Gasteiger partial charge is 0.155 e. The SMILES string of the molecule is COCCCC/C(C)=C\C(=O)CCCOC. The molecule has 94 valence electrons. The van der Waals surface area contributed by atoms with E-state index in [1.54, 1.807) is 20.3 Å². The van der Waals surface area contributed by atoms with Gasteiger partial charge in [-0.1, -0.05) is 5.57 Å². The minimum absolute atomic E-state index is 0.210. The van der Waals surface area contributed by atoms with Gasteiger partial charge in [0.2, 0.25) is 0 Å². The summed E-state index contributed by atoms with van der Waals surface area (Å²) in [5.74, 6) is 0.210. The monoisotopic (exact) mass is 228 g/mol. The Morgan fingerprint density at radius 2 is 1.62 bits per heavy atom. The van der Waals surface area contributed by atoms with Gasteiger partial charge < -0.3 is 9.47 Å². The number of allylic oxidation sites excluding steroid dienone is 2. The van der Waals surface area contributed by atoms with Crippen molar-refractivity contribution in [1.82, 2.24) is 0 Å². The normalized spacial score (nSPS) is 11.8. The Morgan fingerprint density at radius 1 is 1.00 bits per heavy atom. The van der Waals surface area contributed by atoms with Gasteiger partial charge in [-0.25, -0.2) is 0 Å². The zero-order valence-electron chi connectivity index (χ0n) is 10.8. The number of methoxy groups -OCH3 is 2. The van der Waals surface area contributed by atoms with Gasteiger partial charge >= 0.3 is 0 Å². The van der Waals surface area contributed by atoms with Crippen molar-refractivity contribution in [3.8, 4) is 0 Å². The van der Waals surface area contributed by atoms with Crippen molar-refractivity contribution in [2.45, 2.75) is 39.0 Å². The molecule has 0 unspecified atom stereocenters. The fourth-order valence-electron chi connectivity index (χ4n) is 1.46. The highest BCUT2D eigenvalue weighted by molar-refractivity contribution is 5.90. The van der Waals surface area contributed by atoms with Crippen LogP contribution < -0.4 is 0 Å². The highest BCUT2D eigenvalue weighted by Gasteiger charge is 1.99. The maximum absolute atomic E-state index is 11.5. The second kappa shape index (κ2) is 10.8. The van der Waals surface area contributed by atoms with Gasteiger partial charge in [-0.05, 0) is 38.7 Å². The highest BCUT2D eigenvalue weighted by Crippen LogP contribution is 2.07.